The average Bonchev–Trinajstić information content (AvgIpc) is 3.11. The molecule has 0 spiro atoms. The lowest BCUT2D eigenvalue weighted by molar-refractivity contribution is 0.448. The van der Waals surface area contributed by atoms with Gasteiger partial charge < -0.3 is 10.2 Å². The molecule has 2 N–H and O–H groups in total. The quantitative estimate of drug-likeness (QED) is 0.0731. The normalized spacial score (nSPS) is 14.3. The molecule has 0 amide bonds. The number of benzene rings is 1. The zero-order valence-corrected chi connectivity index (χ0v) is 37.7. The van der Waals surface area contributed by atoms with Crippen LogP contribution in [0.25, 0.3) is 0 Å². The van der Waals surface area contributed by atoms with Gasteiger partial charge in [-0.25, -0.2) is 0 Å². The topological polar surface area (TPSA) is 40.5 Å². The predicted octanol–water partition coefficient (Wildman–Crippen LogP) is 17.0. The van der Waals surface area contributed by atoms with Crippen molar-refractivity contribution < 1.29 is 10.2 Å². The standard InChI is InChI=1S/C53H82O2/c1-40(2)21-13-22-41(3)23-14-24-42(4)25-15-26-43(5)27-16-28-44(6)29-17-30-45(7)31-18-32-46(8)33-19-34-47(9)35-20-36-48(10)37-38-51-39-52(54)49(11)50(12)53(51)55/h21,23,25,27,29,31,33,35,37,39,54-55H,13-20,22,24,26,28,30,32,34,36,38H2,1-12H3/b41-23+,42-25-,43-27-,44-29+,45-31+,46-33+,47-35+,48-37-. The first-order valence-electron chi connectivity index (χ1n) is 21.5. The monoisotopic (exact) mass is 751 g/mol. The third-order valence-electron chi connectivity index (χ3n) is 10.9. The Morgan fingerprint density at radius 2 is 0.636 bits per heavy atom. The van der Waals surface area contributed by atoms with E-state index in [9.17, 15) is 10.2 Å². The van der Waals surface area contributed by atoms with Crippen LogP contribution in [0.3, 0.4) is 0 Å². The molecule has 1 aromatic carbocycles. The minimum atomic E-state index is 0.255. The van der Waals surface area contributed by atoms with Crippen LogP contribution in [0.4, 0.5) is 0 Å². The van der Waals surface area contributed by atoms with Crippen molar-refractivity contribution in [3.05, 3.63) is 128 Å². The van der Waals surface area contributed by atoms with Gasteiger partial charge in [0, 0.05) is 5.56 Å². The van der Waals surface area contributed by atoms with Gasteiger partial charge in [-0.15, -0.1) is 0 Å². The molecule has 0 aromatic heterocycles. The SMILES string of the molecule is CC(C)=CCC/C(C)=C/CC/C(C)=C\CC/C(C)=C\CC/C(C)=C/CC/C(C)=C/CC/C(C)=C/CC/C(C)=C/CC/C(C)=C\Cc1cc(O)c(C)c(C)c1O. The highest BCUT2D eigenvalue weighted by Gasteiger charge is 2.10. The second kappa shape index (κ2) is 28.8. The maximum atomic E-state index is 10.4. The largest absolute Gasteiger partial charge is 0.508 e. The van der Waals surface area contributed by atoms with E-state index in [1.54, 1.807) is 6.07 Å². The van der Waals surface area contributed by atoms with Gasteiger partial charge in [-0.2, -0.15) is 0 Å². The van der Waals surface area contributed by atoms with E-state index in [4.69, 9.17) is 0 Å². The Balaban J connectivity index is 2.28. The summed E-state index contributed by atoms with van der Waals surface area (Å²) in [6.07, 6.45) is 40.3. The van der Waals surface area contributed by atoms with E-state index in [-0.39, 0.29) is 5.75 Å². The number of hydrogen-bond acceptors (Lipinski definition) is 2. The Morgan fingerprint density at radius 1 is 0.382 bits per heavy atom. The highest BCUT2D eigenvalue weighted by atomic mass is 16.3. The zero-order valence-electron chi connectivity index (χ0n) is 37.7. The molecule has 0 fully saturated rings. The Morgan fingerprint density at radius 3 is 0.909 bits per heavy atom. The van der Waals surface area contributed by atoms with E-state index in [2.05, 4.69) is 124 Å². The summed E-state index contributed by atoms with van der Waals surface area (Å²) in [6.45, 7) is 26.2. The summed E-state index contributed by atoms with van der Waals surface area (Å²) in [4.78, 5) is 0. The van der Waals surface area contributed by atoms with Gasteiger partial charge in [-0.05, 0) is 209 Å². The molecule has 2 nitrogen and oxygen atoms in total. The van der Waals surface area contributed by atoms with Gasteiger partial charge in [0.05, 0.1) is 0 Å². The van der Waals surface area contributed by atoms with Crippen molar-refractivity contribution in [2.45, 2.75) is 192 Å². The molecule has 306 valence electrons. The molecule has 0 heterocycles. The molecular formula is C53H82O2. The zero-order chi connectivity index (χ0) is 41.2. The summed E-state index contributed by atoms with van der Waals surface area (Å²) < 4.78 is 0. The lowest BCUT2D eigenvalue weighted by Gasteiger charge is -2.10. The summed E-state index contributed by atoms with van der Waals surface area (Å²) in [6, 6.07) is 1.69. The number of allylic oxidation sites excluding steroid dienone is 18. The van der Waals surface area contributed by atoms with Crippen molar-refractivity contribution in [2.24, 2.45) is 0 Å². The highest BCUT2D eigenvalue weighted by molar-refractivity contribution is 5.51. The van der Waals surface area contributed by atoms with E-state index in [0.29, 0.717) is 12.2 Å². The minimum absolute atomic E-state index is 0.255. The molecule has 0 bridgehead atoms. The van der Waals surface area contributed by atoms with Gasteiger partial charge in [0.25, 0.3) is 0 Å². The van der Waals surface area contributed by atoms with Crippen molar-refractivity contribution in [3.8, 4) is 11.5 Å². The van der Waals surface area contributed by atoms with E-state index in [1.807, 2.05) is 13.8 Å². The number of aromatic hydroxyl groups is 2. The number of rotatable bonds is 26. The van der Waals surface area contributed by atoms with Crippen LogP contribution in [0.1, 0.15) is 189 Å². The molecule has 0 aliphatic heterocycles. The van der Waals surface area contributed by atoms with Crippen LogP contribution in [0.15, 0.2) is 111 Å². The Labute approximate surface area is 340 Å². The lowest BCUT2D eigenvalue weighted by Crippen LogP contribution is -1.91. The van der Waals surface area contributed by atoms with Crippen LogP contribution in [-0.4, -0.2) is 10.2 Å². The van der Waals surface area contributed by atoms with E-state index in [0.717, 1.165) is 100 Å². The van der Waals surface area contributed by atoms with Gasteiger partial charge >= 0.3 is 0 Å². The van der Waals surface area contributed by atoms with Crippen LogP contribution < -0.4 is 0 Å². The molecule has 0 aliphatic rings. The molecule has 0 atom stereocenters. The minimum Gasteiger partial charge on any atom is -0.508 e. The lowest BCUT2D eigenvalue weighted by atomic mass is 9.99. The third kappa shape index (κ3) is 24.6. The van der Waals surface area contributed by atoms with Gasteiger partial charge in [-0.3, -0.25) is 0 Å². The van der Waals surface area contributed by atoms with Crippen LogP contribution in [0.5, 0.6) is 11.5 Å². The summed E-state index contributed by atoms with van der Waals surface area (Å²) in [7, 11) is 0. The first-order chi connectivity index (χ1) is 26.1. The second-order valence-electron chi connectivity index (χ2n) is 16.9. The Bertz CT molecular complexity index is 1590. The smallest absolute Gasteiger partial charge is 0.122 e. The van der Waals surface area contributed by atoms with E-state index < -0.39 is 0 Å². The van der Waals surface area contributed by atoms with Crippen LogP contribution in [-0.2, 0) is 6.42 Å². The fourth-order valence-corrected chi connectivity index (χ4v) is 6.62. The van der Waals surface area contributed by atoms with Crippen LogP contribution in [0.2, 0.25) is 0 Å². The maximum absolute atomic E-state index is 10.4. The first-order valence-corrected chi connectivity index (χ1v) is 21.5. The fourth-order valence-electron chi connectivity index (χ4n) is 6.62. The predicted molar refractivity (Wildman–Crippen MR) is 246 cm³/mol. The molecule has 2 heteroatoms. The molecule has 0 unspecified atom stereocenters. The first kappa shape index (κ1) is 49.5. The van der Waals surface area contributed by atoms with E-state index >= 15 is 0 Å². The maximum Gasteiger partial charge on any atom is 0.122 e. The third-order valence-corrected chi connectivity index (χ3v) is 10.9. The van der Waals surface area contributed by atoms with Crippen molar-refractivity contribution in [2.75, 3.05) is 0 Å². The van der Waals surface area contributed by atoms with Crippen molar-refractivity contribution in [1.82, 2.24) is 0 Å². The van der Waals surface area contributed by atoms with E-state index in [1.165, 1.54) is 69.4 Å². The molecule has 0 aliphatic carbocycles. The van der Waals surface area contributed by atoms with Crippen molar-refractivity contribution in [3.63, 3.8) is 0 Å². The Hall–Kier alpha value is -3.52. The fraction of sp³-hybridized carbons (Fsp3) is 0.547. The van der Waals surface area contributed by atoms with Crippen LogP contribution >= 0.6 is 0 Å². The molecule has 55 heavy (non-hydrogen) atoms. The molecule has 0 radical (unpaired) electrons. The summed E-state index contributed by atoms with van der Waals surface area (Å²) in [5, 5.41) is 20.6. The van der Waals surface area contributed by atoms with Gasteiger partial charge in [0.15, 0.2) is 0 Å². The van der Waals surface area contributed by atoms with Crippen LogP contribution in [0, 0.1) is 13.8 Å². The molecule has 0 saturated carbocycles. The Kier molecular flexibility index (Phi) is 25.9. The number of hydrogen-bond donors (Lipinski definition) is 2. The van der Waals surface area contributed by atoms with Gasteiger partial charge in [0.2, 0.25) is 0 Å². The number of phenolic OH excluding ortho intramolecular Hbond substituents is 2. The molecule has 0 saturated heterocycles. The molecule has 1 rings (SSSR count). The van der Waals surface area contributed by atoms with Crippen molar-refractivity contribution in [1.29, 1.82) is 0 Å². The summed E-state index contributed by atoms with van der Waals surface area (Å²) in [5.41, 5.74) is 15.5. The molecular weight excluding hydrogens is 669 g/mol. The second-order valence-corrected chi connectivity index (χ2v) is 16.9. The summed E-state index contributed by atoms with van der Waals surface area (Å²) >= 11 is 0. The van der Waals surface area contributed by atoms with Crippen molar-refractivity contribution >= 4 is 0 Å². The average molecular weight is 751 g/mol. The summed E-state index contributed by atoms with van der Waals surface area (Å²) in [5.74, 6) is 0.554. The molecule has 1 aromatic rings. The number of phenols is 2. The highest BCUT2D eigenvalue weighted by Crippen LogP contribution is 2.32. The van der Waals surface area contributed by atoms with Gasteiger partial charge in [-0.1, -0.05) is 105 Å². The van der Waals surface area contributed by atoms with Gasteiger partial charge in [0.1, 0.15) is 11.5 Å².